The van der Waals surface area contributed by atoms with Crippen LogP contribution < -0.4 is 15.5 Å². The van der Waals surface area contributed by atoms with E-state index in [1.165, 1.54) is 6.42 Å². The van der Waals surface area contributed by atoms with Crippen LogP contribution in [0.3, 0.4) is 0 Å². The van der Waals surface area contributed by atoms with Crippen molar-refractivity contribution in [3.8, 4) is 0 Å². The number of nitrogens with one attached hydrogen (secondary N) is 2. The number of benzene rings is 2. The monoisotopic (exact) mass is 407 g/mol. The zero-order chi connectivity index (χ0) is 21.7. The fraction of sp³-hybridized carbons (Fsp3) is 0.440. The van der Waals surface area contributed by atoms with E-state index in [0.29, 0.717) is 11.3 Å². The highest BCUT2D eigenvalue weighted by atomic mass is 16.2. The number of carbonyl (C=O) groups excluding carboxylic acids is 2. The summed E-state index contributed by atoms with van der Waals surface area (Å²) in [5, 5.41) is 6.08. The van der Waals surface area contributed by atoms with E-state index in [-0.39, 0.29) is 17.9 Å². The summed E-state index contributed by atoms with van der Waals surface area (Å²) >= 11 is 0. The van der Waals surface area contributed by atoms with Crippen molar-refractivity contribution in [1.82, 2.24) is 5.32 Å². The quantitative estimate of drug-likeness (QED) is 0.720. The van der Waals surface area contributed by atoms with Gasteiger partial charge >= 0.3 is 0 Å². The molecule has 2 aromatic carbocycles. The Morgan fingerprint density at radius 1 is 0.967 bits per heavy atom. The smallest absolute Gasteiger partial charge is 0.253 e. The van der Waals surface area contributed by atoms with Gasteiger partial charge in [-0.25, -0.2) is 0 Å². The maximum absolute atomic E-state index is 13.3. The van der Waals surface area contributed by atoms with Crippen molar-refractivity contribution in [2.45, 2.75) is 53.0 Å². The van der Waals surface area contributed by atoms with Gasteiger partial charge in [-0.1, -0.05) is 51.1 Å². The van der Waals surface area contributed by atoms with Gasteiger partial charge in [0.1, 0.15) is 0 Å². The molecule has 1 atom stereocenters. The zero-order valence-corrected chi connectivity index (χ0v) is 18.5. The number of anilines is 2. The summed E-state index contributed by atoms with van der Waals surface area (Å²) in [6.07, 6.45) is 3.48. The molecule has 0 unspecified atom stereocenters. The molecule has 0 radical (unpaired) electrons. The second-order valence-corrected chi connectivity index (χ2v) is 9.09. The summed E-state index contributed by atoms with van der Waals surface area (Å²) in [6, 6.07) is 15.5. The molecule has 1 aliphatic rings. The van der Waals surface area contributed by atoms with Gasteiger partial charge in [-0.05, 0) is 49.9 Å². The van der Waals surface area contributed by atoms with Crippen LogP contribution in [0, 0.1) is 5.41 Å². The van der Waals surface area contributed by atoms with Crippen molar-refractivity contribution >= 4 is 23.2 Å². The Kier molecular flexibility index (Phi) is 6.80. The first kappa shape index (κ1) is 21.9. The minimum absolute atomic E-state index is 0.0720. The summed E-state index contributed by atoms with van der Waals surface area (Å²) in [6.45, 7) is 9.50. The number of rotatable bonds is 5. The lowest BCUT2D eigenvalue weighted by atomic mass is 9.95. The number of piperidine rings is 1. The van der Waals surface area contributed by atoms with Gasteiger partial charge in [0.15, 0.2) is 0 Å². The second-order valence-electron chi connectivity index (χ2n) is 9.09. The zero-order valence-electron chi connectivity index (χ0n) is 18.5. The van der Waals surface area contributed by atoms with Crippen LogP contribution in [-0.4, -0.2) is 24.9 Å². The molecule has 0 spiro atoms. The molecule has 160 valence electrons. The molecule has 3 rings (SSSR count). The number of amides is 2. The van der Waals surface area contributed by atoms with Gasteiger partial charge in [0.05, 0.1) is 11.6 Å². The number of hydrogen-bond donors (Lipinski definition) is 2. The van der Waals surface area contributed by atoms with E-state index in [0.717, 1.165) is 37.2 Å². The number of hydrogen-bond acceptors (Lipinski definition) is 3. The average Bonchev–Trinajstić information content (AvgIpc) is 2.74. The van der Waals surface area contributed by atoms with Gasteiger partial charge < -0.3 is 15.5 Å². The van der Waals surface area contributed by atoms with Crippen molar-refractivity contribution in [3.05, 3.63) is 59.7 Å². The van der Waals surface area contributed by atoms with Crippen molar-refractivity contribution in [3.63, 3.8) is 0 Å². The maximum Gasteiger partial charge on any atom is 0.253 e. The van der Waals surface area contributed by atoms with E-state index < -0.39 is 5.41 Å². The Morgan fingerprint density at radius 2 is 1.63 bits per heavy atom. The minimum atomic E-state index is -0.504. The first-order valence-corrected chi connectivity index (χ1v) is 10.8. The molecule has 0 bridgehead atoms. The summed E-state index contributed by atoms with van der Waals surface area (Å²) in [7, 11) is 0. The molecule has 0 saturated carbocycles. The predicted molar refractivity (Wildman–Crippen MR) is 123 cm³/mol. The highest BCUT2D eigenvalue weighted by molar-refractivity contribution is 6.02. The van der Waals surface area contributed by atoms with Gasteiger partial charge in [-0.3, -0.25) is 9.59 Å². The maximum atomic E-state index is 13.3. The number of nitrogens with zero attached hydrogens (tertiary/aromatic N) is 1. The summed E-state index contributed by atoms with van der Waals surface area (Å²) in [4.78, 5) is 28.0. The predicted octanol–water partition coefficient (Wildman–Crippen LogP) is 5.15. The molecular weight excluding hydrogens is 374 g/mol. The lowest BCUT2D eigenvalue weighted by Crippen LogP contribution is -2.34. The Bertz CT molecular complexity index is 881. The molecule has 1 saturated heterocycles. The highest BCUT2D eigenvalue weighted by Crippen LogP contribution is 2.29. The van der Waals surface area contributed by atoms with Crippen LogP contribution >= 0.6 is 0 Å². The van der Waals surface area contributed by atoms with Crippen LogP contribution in [0.4, 0.5) is 11.4 Å². The third-order valence-corrected chi connectivity index (χ3v) is 5.52. The van der Waals surface area contributed by atoms with E-state index in [2.05, 4.69) is 15.5 Å². The third-order valence-electron chi connectivity index (χ3n) is 5.52. The lowest BCUT2D eigenvalue weighted by Gasteiger charge is -2.31. The van der Waals surface area contributed by atoms with Crippen LogP contribution in [0.15, 0.2) is 48.5 Å². The van der Waals surface area contributed by atoms with Gasteiger partial charge in [0.2, 0.25) is 5.91 Å². The third kappa shape index (κ3) is 5.41. The van der Waals surface area contributed by atoms with Crippen LogP contribution in [0.5, 0.6) is 0 Å². The first-order valence-electron chi connectivity index (χ1n) is 10.8. The molecule has 1 heterocycles. The van der Waals surface area contributed by atoms with E-state index >= 15 is 0 Å². The molecule has 2 N–H and O–H groups in total. The Morgan fingerprint density at radius 3 is 2.27 bits per heavy atom. The summed E-state index contributed by atoms with van der Waals surface area (Å²) in [5.41, 5.74) is 2.74. The Labute approximate surface area is 179 Å². The Hall–Kier alpha value is -2.82. The van der Waals surface area contributed by atoms with Crippen LogP contribution in [-0.2, 0) is 4.79 Å². The highest BCUT2D eigenvalue weighted by Gasteiger charge is 2.24. The lowest BCUT2D eigenvalue weighted by molar-refractivity contribution is -0.123. The van der Waals surface area contributed by atoms with Crippen molar-refractivity contribution in [1.29, 1.82) is 0 Å². The molecule has 2 aromatic rings. The molecule has 1 aliphatic heterocycles. The minimum Gasteiger partial charge on any atom is -0.371 e. The molecule has 5 nitrogen and oxygen atoms in total. The summed E-state index contributed by atoms with van der Waals surface area (Å²) in [5.74, 6) is -0.198. The molecule has 5 heteroatoms. The fourth-order valence-corrected chi connectivity index (χ4v) is 3.62. The SMILES string of the molecule is C[C@H](NC(=O)c1cc(NC(=O)C(C)(C)C)ccc1N1CCCCC1)c1ccccc1. The molecule has 0 aliphatic carbocycles. The molecule has 0 aromatic heterocycles. The molecule has 2 amide bonds. The Balaban J connectivity index is 1.88. The normalized spacial score (nSPS) is 15.4. The first-order chi connectivity index (χ1) is 14.3. The summed E-state index contributed by atoms with van der Waals surface area (Å²) < 4.78 is 0. The van der Waals surface area contributed by atoms with Gasteiger partial charge in [0, 0.05) is 29.9 Å². The van der Waals surface area contributed by atoms with E-state index in [9.17, 15) is 9.59 Å². The largest absolute Gasteiger partial charge is 0.371 e. The van der Waals surface area contributed by atoms with Gasteiger partial charge in [-0.2, -0.15) is 0 Å². The van der Waals surface area contributed by atoms with Crippen LogP contribution in [0.2, 0.25) is 0 Å². The standard InChI is InChI=1S/C25H33N3O2/c1-18(19-11-7-5-8-12-19)26-23(29)21-17-20(27-24(30)25(2,3)4)13-14-22(21)28-15-9-6-10-16-28/h5,7-8,11-14,17-18H,6,9-10,15-16H2,1-4H3,(H,26,29)(H,27,30)/t18-/m0/s1. The van der Waals surface area contributed by atoms with Crippen LogP contribution in [0.25, 0.3) is 0 Å². The van der Waals surface area contributed by atoms with Crippen molar-refractivity contribution in [2.24, 2.45) is 5.41 Å². The van der Waals surface area contributed by atoms with Crippen molar-refractivity contribution < 1.29 is 9.59 Å². The van der Waals surface area contributed by atoms with E-state index in [1.807, 2.05) is 70.2 Å². The molecule has 1 fully saturated rings. The van der Waals surface area contributed by atoms with Gasteiger partial charge in [0.25, 0.3) is 5.91 Å². The average molecular weight is 408 g/mol. The van der Waals surface area contributed by atoms with Crippen molar-refractivity contribution in [2.75, 3.05) is 23.3 Å². The van der Waals surface area contributed by atoms with E-state index in [4.69, 9.17) is 0 Å². The van der Waals surface area contributed by atoms with Gasteiger partial charge in [-0.15, -0.1) is 0 Å². The van der Waals surface area contributed by atoms with Crippen LogP contribution in [0.1, 0.15) is 68.9 Å². The topological polar surface area (TPSA) is 61.4 Å². The molecule has 30 heavy (non-hydrogen) atoms. The van der Waals surface area contributed by atoms with E-state index in [1.54, 1.807) is 6.07 Å². The molecular formula is C25H33N3O2. The fourth-order valence-electron chi connectivity index (χ4n) is 3.62. The number of carbonyl (C=O) groups is 2. The second kappa shape index (κ2) is 9.33.